The predicted octanol–water partition coefficient (Wildman–Crippen LogP) is 0.436. The van der Waals surface area contributed by atoms with E-state index >= 15 is 0 Å². The Morgan fingerprint density at radius 2 is 2.10 bits per heavy atom. The molecule has 0 bridgehead atoms. The third kappa shape index (κ3) is 3.34. The van der Waals surface area contributed by atoms with Gasteiger partial charge in [-0.05, 0) is 31.5 Å². The number of hydrogen-bond acceptors (Lipinski definition) is 3. The van der Waals surface area contributed by atoms with Gasteiger partial charge in [-0.15, -0.1) is 0 Å². The minimum absolute atomic E-state index is 0.0367. The fraction of sp³-hybridized carbons (Fsp3) is 0.357. The summed E-state index contributed by atoms with van der Waals surface area (Å²) in [6.45, 7) is 3.63. The summed E-state index contributed by atoms with van der Waals surface area (Å²) in [5, 5.41) is 7.91. The van der Waals surface area contributed by atoms with Crippen LogP contribution >= 0.6 is 0 Å². The van der Waals surface area contributed by atoms with E-state index in [9.17, 15) is 14.4 Å². The fourth-order valence-corrected chi connectivity index (χ4v) is 1.99. The Bertz CT molecular complexity index is 567. The number of anilines is 1. The summed E-state index contributed by atoms with van der Waals surface area (Å²) in [7, 11) is 0. The highest BCUT2D eigenvalue weighted by Gasteiger charge is 2.19. The van der Waals surface area contributed by atoms with Crippen molar-refractivity contribution in [2.45, 2.75) is 26.3 Å². The maximum atomic E-state index is 11.9. The zero-order chi connectivity index (χ0) is 14.7. The van der Waals surface area contributed by atoms with Crippen molar-refractivity contribution in [2.75, 3.05) is 11.9 Å². The maximum absolute atomic E-state index is 11.9. The van der Waals surface area contributed by atoms with Gasteiger partial charge in [0, 0.05) is 17.3 Å². The van der Waals surface area contributed by atoms with E-state index in [0.29, 0.717) is 17.7 Å². The summed E-state index contributed by atoms with van der Waals surface area (Å²) in [5.41, 5.74) is 1.96. The quantitative estimate of drug-likeness (QED) is 0.745. The van der Waals surface area contributed by atoms with Crippen molar-refractivity contribution in [3.05, 3.63) is 29.3 Å². The number of hydrogen-bond donors (Lipinski definition) is 3. The van der Waals surface area contributed by atoms with Gasteiger partial charge in [-0.3, -0.25) is 14.4 Å². The standard InChI is InChI=1S/C14H17N3O3/c1-8(2)16-13(19)7-15-14(20)10-4-3-9-6-12(18)17-11(9)5-10/h3-5,8H,6-7H2,1-2H3,(H,15,20)(H,16,19)(H,17,18). The lowest BCUT2D eigenvalue weighted by molar-refractivity contribution is -0.120. The van der Waals surface area contributed by atoms with E-state index in [1.165, 1.54) is 0 Å². The first-order chi connectivity index (χ1) is 9.45. The van der Waals surface area contributed by atoms with Crippen molar-refractivity contribution < 1.29 is 14.4 Å². The van der Waals surface area contributed by atoms with E-state index in [1.807, 2.05) is 13.8 Å². The van der Waals surface area contributed by atoms with Crippen LogP contribution in [0.15, 0.2) is 18.2 Å². The van der Waals surface area contributed by atoms with Crippen LogP contribution in [0.25, 0.3) is 0 Å². The number of carbonyl (C=O) groups excluding carboxylic acids is 3. The van der Waals surface area contributed by atoms with Gasteiger partial charge < -0.3 is 16.0 Å². The second-order valence-electron chi connectivity index (χ2n) is 5.00. The highest BCUT2D eigenvalue weighted by atomic mass is 16.2. The lowest BCUT2D eigenvalue weighted by atomic mass is 10.1. The van der Waals surface area contributed by atoms with E-state index < -0.39 is 0 Å². The van der Waals surface area contributed by atoms with Crippen LogP contribution in [0, 0.1) is 0 Å². The number of benzene rings is 1. The molecule has 3 amide bonds. The summed E-state index contributed by atoms with van der Waals surface area (Å²) >= 11 is 0. The normalized spacial score (nSPS) is 12.8. The van der Waals surface area contributed by atoms with Gasteiger partial charge >= 0.3 is 0 Å². The third-order valence-electron chi connectivity index (χ3n) is 2.86. The van der Waals surface area contributed by atoms with Gasteiger partial charge in [0.25, 0.3) is 5.91 Å². The van der Waals surface area contributed by atoms with Gasteiger partial charge in [0.15, 0.2) is 0 Å². The number of amides is 3. The zero-order valence-corrected chi connectivity index (χ0v) is 11.4. The van der Waals surface area contributed by atoms with E-state index in [-0.39, 0.29) is 30.3 Å². The molecule has 1 aliphatic heterocycles. The van der Waals surface area contributed by atoms with Gasteiger partial charge in [-0.25, -0.2) is 0 Å². The van der Waals surface area contributed by atoms with Crippen molar-refractivity contribution in [1.29, 1.82) is 0 Å². The van der Waals surface area contributed by atoms with E-state index in [2.05, 4.69) is 16.0 Å². The van der Waals surface area contributed by atoms with Crippen LogP contribution in [0.4, 0.5) is 5.69 Å². The fourth-order valence-electron chi connectivity index (χ4n) is 1.99. The first-order valence-electron chi connectivity index (χ1n) is 6.46. The molecule has 3 N–H and O–H groups in total. The SMILES string of the molecule is CC(C)NC(=O)CNC(=O)c1ccc2c(c1)NC(=O)C2. The summed E-state index contributed by atoms with van der Waals surface area (Å²) in [6, 6.07) is 5.05. The number of carbonyl (C=O) groups is 3. The Morgan fingerprint density at radius 1 is 1.35 bits per heavy atom. The lowest BCUT2D eigenvalue weighted by Gasteiger charge is -2.09. The van der Waals surface area contributed by atoms with Crippen LogP contribution in [0.5, 0.6) is 0 Å². The molecular formula is C14H17N3O3. The number of nitrogens with one attached hydrogen (secondary N) is 3. The van der Waals surface area contributed by atoms with E-state index in [0.717, 1.165) is 5.56 Å². The topological polar surface area (TPSA) is 87.3 Å². The summed E-state index contributed by atoms with van der Waals surface area (Å²) in [5.74, 6) is -0.649. The number of rotatable bonds is 4. The largest absolute Gasteiger partial charge is 0.352 e. The van der Waals surface area contributed by atoms with Gasteiger partial charge in [-0.2, -0.15) is 0 Å². The molecule has 0 unspecified atom stereocenters. The van der Waals surface area contributed by atoms with Gasteiger partial charge in [-0.1, -0.05) is 6.07 Å². The maximum Gasteiger partial charge on any atom is 0.251 e. The number of fused-ring (bicyclic) bond motifs is 1. The molecule has 1 aliphatic rings. The Balaban J connectivity index is 1.95. The van der Waals surface area contributed by atoms with Crippen molar-refractivity contribution >= 4 is 23.4 Å². The van der Waals surface area contributed by atoms with Crippen LogP contribution in [-0.2, 0) is 16.0 Å². The molecule has 0 saturated heterocycles. The molecule has 20 heavy (non-hydrogen) atoms. The highest BCUT2D eigenvalue weighted by Crippen LogP contribution is 2.23. The van der Waals surface area contributed by atoms with E-state index in [4.69, 9.17) is 0 Å². The highest BCUT2D eigenvalue weighted by molar-refractivity contribution is 6.02. The molecule has 1 aromatic rings. The van der Waals surface area contributed by atoms with E-state index in [1.54, 1.807) is 18.2 Å². The molecule has 0 spiro atoms. The molecule has 0 atom stereocenters. The monoisotopic (exact) mass is 275 g/mol. The molecule has 0 saturated carbocycles. The molecular weight excluding hydrogens is 258 g/mol. The van der Waals surface area contributed by atoms with Crippen LogP contribution in [0.2, 0.25) is 0 Å². The van der Waals surface area contributed by atoms with Crippen LogP contribution in [0.3, 0.4) is 0 Å². The second kappa shape index (κ2) is 5.73. The third-order valence-corrected chi connectivity index (χ3v) is 2.86. The lowest BCUT2D eigenvalue weighted by Crippen LogP contribution is -2.39. The molecule has 106 valence electrons. The van der Waals surface area contributed by atoms with Gasteiger partial charge in [0.2, 0.25) is 11.8 Å². The minimum atomic E-state index is -0.340. The molecule has 2 rings (SSSR count). The van der Waals surface area contributed by atoms with Crippen molar-refractivity contribution in [2.24, 2.45) is 0 Å². The Hall–Kier alpha value is -2.37. The average molecular weight is 275 g/mol. The van der Waals surface area contributed by atoms with Crippen molar-refractivity contribution in [1.82, 2.24) is 10.6 Å². The van der Waals surface area contributed by atoms with Crippen molar-refractivity contribution in [3.8, 4) is 0 Å². The molecule has 0 radical (unpaired) electrons. The Labute approximate surface area is 116 Å². The average Bonchev–Trinajstić information content (AvgIpc) is 2.74. The summed E-state index contributed by atoms with van der Waals surface area (Å²) in [4.78, 5) is 34.6. The molecule has 6 heteroatoms. The Morgan fingerprint density at radius 3 is 2.80 bits per heavy atom. The first-order valence-corrected chi connectivity index (χ1v) is 6.46. The zero-order valence-electron chi connectivity index (χ0n) is 11.4. The minimum Gasteiger partial charge on any atom is -0.352 e. The Kier molecular flexibility index (Phi) is 4.02. The van der Waals surface area contributed by atoms with Gasteiger partial charge in [0.05, 0.1) is 13.0 Å². The van der Waals surface area contributed by atoms with Crippen molar-refractivity contribution in [3.63, 3.8) is 0 Å². The van der Waals surface area contributed by atoms with Crippen LogP contribution in [-0.4, -0.2) is 30.3 Å². The predicted molar refractivity (Wildman–Crippen MR) is 74.4 cm³/mol. The molecule has 0 fully saturated rings. The summed E-state index contributed by atoms with van der Waals surface area (Å²) in [6.07, 6.45) is 0.341. The molecule has 6 nitrogen and oxygen atoms in total. The summed E-state index contributed by atoms with van der Waals surface area (Å²) < 4.78 is 0. The molecule has 1 heterocycles. The molecule has 1 aromatic carbocycles. The van der Waals surface area contributed by atoms with Crippen LogP contribution in [0.1, 0.15) is 29.8 Å². The second-order valence-corrected chi connectivity index (χ2v) is 5.00. The first kappa shape index (κ1) is 14.0. The van der Waals surface area contributed by atoms with Gasteiger partial charge in [0.1, 0.15) is 0 Å². The van der Waals surface area contributed by atoms with Crippen LogP contribution < -0.4 is 16.0 Å². The smallest absolute Gasteiger partial charge is 0.251 e. The molecule has 0 aromatic heterocycles. The molecule has 0 aliphatic carbocycles.